The minimum absolute atomic E-state index is 0.0254. The first-order chi connectivity index (χ1) is 20.6. The van der Waals surface area contributed by atoms with Crippen molar-refractivity contribution < 1.29 is 46.6 Å². The summed E-state index contributed by atoms with van der Waals surface area (Å²) in [6.07, 6.45) is -0.522. The zero-order valence-electron chi connectivity index (χ0n) is 23.2. The van der Waals surface area contributed by atoms with Crippen LogP contribution in [-0.4, -0.2) is 58.8 Å². The Hall–Kier alpha value is -4.26. The number of hydrogen-bond donors (Lipinski definition) is 2. The van der Waals surface area contributed by atoms with Gasteiger partial charge in [0.1, 0.15) is 23.0 Å². The molecule has 13 heteroatoms. The first-order valence-corrected chi connectivity index (χ1v) is 14.1. The number of alkyl halides is 3. The molecule has 2 aliphatic heterocycles. The van der Waals surface area contributed by atoms with Gasteiger partial charge in [0.15, 0.2) is 0 Å². The van der Waals surface area contributed by atoms with Crippen molar-refractivity contribution in [1.29, 1.82) is 0 Å². The highest BCUT2D eigenvalue weighted by molar-refractivity contribution is 5.95. The smallest absolute Gasteiger partial charge is 0.495 e. The normalized spacial score (nSPS) is 21.5. The largest absolute Gasteiger partial charge is 0.573 e. The van der Waals surface area contributed by atoms with Gasteiger partial charge in [-0.3, -0.25) is 0 Å². The number of rotatable bonds is 9. The number of hydrogen-bond acceptors (Lipinski definition) is 7. The van der Waals surface area contributed by atoms with Crippen LogP contribution in [0.25, 0.3) is 11.3 Å². The van der Waals surface area contributed by atoms with Crippen LogP contribution < -0.4 is 14.8 Å². The Labute approximate surface area is 244 Å². The van der Waals surface area contributed by atoms with Crippen LogP contribution in [0.2, 0.25) is 0 Å². The average Bonchev–Trinajstić information content (AvgIpc) is 3.66. The van der Waals surface area contributed by atoms with Gasteiger partial charge in [0.2, 0.25) is 0 Å². The summed E-state index contributed by atoms with van der Waals surface area (Å²) in [6.45, 7) is 0.0977. The Morgan fingerprint density at radius 1 is 1.07 bits per heavy atom. The molecule has 6 rings (SSSR count). The molecule has 2 amide bonds. The molecule has 2 N–H and O–H groups in total. The van der Waals surface area contributed by atoms with E-state index in [-0.39, 0.29) is 65.0 Å². The van der Waals surface area contributed by atoms with Crippen LogP contribution in [-0.2, 0) is 11.3 Å². The lowest BCUT2D eigenvalue weighted by atomic mass is 9.99. The van der Waals surface area contributed by atoms with Crippen molar-refractivity contribution in [2.45, 2.75) is 75.6 Å². The topological polar surface area (TPSA) is 123 Å². The summed E-state index contributed by atoms with van der Waals surface area (Å²) in [5.41, 5.74) is 1.34. The predicted octanol–water partition coefficient (Wildman–Crippen LogP) is 6.57. The van der Waals surface area contributed by atoms with Crippen molar-refractivity contribution in [3.63, 3.8) is 0 Å². The molecule has 3 aromatic rings. The molecule has 0 radical (unpaired) electrons. The molecule has 3 fully saturated rings. The maximum absolute atomic E-state index is 13.3. The summed E-state index contributed by atoms with van der Waals surface area (Å²) in [7, 11) is 1.44. The van der Waals surface area contributed by atoms with Gasteiger partial charge in [-0.05, 0) is 68.9 Å². The van der Waals surface area contributed by atoms with E-state index in [0.29, 0.717) is 29.9 Å². The number of urea groups is 1. The van der Waals surface area contributed by atoms with Crippen LogP contribution in [0.1, 0.15) is 66.1 Å². The summed E-state index contributed by atoms with van der Waals surface area (Å²) >= 11 is 0. The number of benzene rings is 2. The number of aromatic nitrogens is 1. The average molecular weight is 602 g/mol. The van der Waals surface area contributed by atoms with Gasteiger partial charge >= 0.3 is 18.4 Å². The number of carbonyl (C=O) groups is 2. The standard InChI is InChI=1S/C30H30F3N3O7/c1-40-25-11-8-17(28(37)38)12-23(25)34-29(39)36-18-9-10-19(36)14-20(13-18)41-15-22-26(35-43-27(22)16-6-7-16)21-4-2-3-5-24(21)42-30(31,32)33/h2-5,8,11-12,16,18-20H,6-7,9-10,13-15H2,1H3,(H,34,39)(H,37,38). The molecule has 2 saturated heterocycles. The Kier molecular flexibility index (Phi) is 7.67. The van der Waals surface area contributed by atoms with E-state index in [1.807, 2.05) is 0 Å². The lowest BCUT2D eigenvalue weighted by Gasteiger charge is -2.38. The van der Waals surface area contributed by atoms with Gasteiger partial charge in [0.05, 0.1) is 31.1 Å². The Morgan fingerprint density at radius 2 is 1.79 bits per heavy atom. The van der Waals surface area contributed by atoms with E-state index in [4.69, 9.17) is 14.0 Å². The fraction of sp³-hybridized carbons (Fsp3) is 0.433. The third-order valence-corrected chi connectivity index (χ3v) is 8.21. The monoisotopic (exact) mass is 601 g/mol. The molecule has 2 bridgehead atoms. The predicted molar refractivity (Wildman–Crippen MR) is 146 cm³/mol. The second kappa shape index (κ2) is 11.4. The van der Waals surface area contributed by atoms with Crippen molar-refractivity contribution in [1.82, 2.24) is 10.1 Å². The molecule has 1 aliphatic carbocycles. The summed E-state index contributed by atoms with van der Waals surface area (Å²) in [5.74, 6) is -0.367. The quantitative estimate of drug-likeness (QED) is 0.282. The molecule has 3 heterocycles. The van der Waals surface area contributed by atoms with Crippen molar-refractivity contribution >= 4 is 17.7 Å². The van der Waals surface area contributed by atoms with Gasteiger partial charge in [0.25, 0.3) is 0 Å². The van der Waals surface area contributed by atoms with Crippen LogP contribution in [0.4, 0.5) is 23.7 Å². The summed E-state index contributed by atoms with van der Waals surface area (Å²) in [5, 5.41) is 16.3. The first kappa shape index (κ1) is 28.8. The third-order valence-electron chi connectivity index (χ3n) is 8.21. The molecule has 10 nitrogen and oxygen atoms in total. The maximum atomic E-state index is 13.3. The van der Waals surface area contributed by atoms with Crippen LogP contribution in [0.5, 0.6) is 11.5 Å². The number of ether oxygens (including phenoxy) is 3. The number of piperidine rings is 1. The summed E-state index contributed by atoms with van der Waals surface area (Å²) in [6, 6.07) is 9.56. The number of aromatic carboxylic acids is 1. The molecule has 228 valence electrons. The molecular weight excluding hydrogens is 571 g/mol. The van der Waals surface area contributed by atoms with Crippen LogP contribution in [0.15, 0.2) is 47.0 Å². The fourth-order valence-electron chi connectivity index (χ4n) is 6.13. The number of methoxy groups -OCH3 is 1. The minimum atomic E-state index is -4.86. The SMILES string of the molecule is COc1ccc(C(=O)O)cc1NC(=O)N1C2CCC1CC(OCc1c(-c3ccccc3OC(F)(F)F)noc1C1CC1)C2. The third kappa shape index (κ3) is 6.12. The van der Waals surface area contributed by atoms with Gasteiger partial charge in [0, 0.05) is 29.1 Å². The minimum Gasteiger partial charge on any atom is -0.495 e. The van der Waals surface area contributed by atoms with E-state index >= 15 is 0 Å². The highest BCUT2D eigenvalue weighted by Gasteiger charge is 2.44. The van der Waals surface area contributed by atoms with Crippen LogP contribution in [0.3, 0.4) is 0 Å². The Bertz CT molecular complexity index is 1510. The zero-order chi connectivity index (χ0) is 30.3. The lowest BCUT2D eigenvalue weighted by Crippen LogP contribution is -2.50. The van der Waals surface area contributed by atoms with Gasteiger partial charge in [-0.2, -0.15) is 0 Å². The molecular formula is C30H30F3N3O7. The van der Waals surface area contributed by atoms with Gasteiger partial charge in [-0.25, -0.2) is 9.59 Å². The number of carbonyl (C=O) groups excluding carboxylic acids is 1. The van der Waals surface area contributed by atoms with Crippen molar-refractivity contribution in [3.05, 3.63) is 59.4 Å². The highest BCUT2D eigenvalue weighted by atomic mass is 19.4. The van der Waals surface area contributed by atoms with E-state index in [0.717, 1.165) is 25.7 Å². The molecule has 1 aromatic heterocycles. The van der Waals surface area contributed by atoms with Gasteiger partial charge in [-0.1, -0.05) is 17.3 Å². The van der Waals surface area contributed by atoms with E-state index in [1.54, 1.807) is 11.0 Å². The number of nitrogens with zero attached hydrogens (tertiary/aromatic N) is 2. The van der Waals surface area contributed by atoms with E-state index in [1.165, 1.54) is 43.5 Å². The fourth-order valence-corrected chi connectivity index (χ4v) is 6.13. The van der Waals surface area contributed by atoms with E-state index in [9.17, 15) is 27.9 Å². The van der Waals surface area contributed by atoms with E-state index in [2.05, 4.69) is 15.2 Å². The molecule has 2 unspecified atom stereocenters. The molecule has 1 saturated carbocycles. The lowest BCUT2D eigenvalue weighted by molar-refractivity contribution is -0.274. The van der Waals surface area contributed by atoms with Crippen molar-refractivity contribution in [2.75, 3.05) is 12.4 Å². The second-order valence-corrected chi connectivity index (χ2v) is 11.0. The number of para-hydroxylation sites is 1. The van der Waals surface area contributed by atoms with Gasteiger partial charge < -0.3 is 34.1 Å². The molecule has 0 spiro atoms. The van der Waals surface area contributed by atoms with Crippen LogP contribution in [0, 0.1) is 0 Å². The van der Waals surface area contributed by atoms with Crippen molar-refractivity contribution in [3.8, 4) is 22.8 Å². The number of fused-ring (bicyclic) bond motifs is 2. The Balaban J connectivity index is 1.16. The molecule has 2 aromatic carbocycles. The number of amides is 2. The summed E-state index contributed by atoms with van der Waals surface area (Å²) in [4.78, 5) is 26.6. The highest BCUT2D eigenvalue weighted by Crippen LogP contribution is 2.46. The number of nitrogens with one attached hydrogen (secondary N) is 1. The Morgan fingerprint density at radius 3 is 2.44 bits per heavy atom. The molecule has 3 aliphatic rings. The van der Waals surface area contributed by atoms with Gasteiger partial charge in [-0.15, -0.1) is 13.2 Å². The number of halogens is 3. The maximum Gasteiger partial charge on any atom is 0.573 e. The molecule has 2 atom stereocenters. The number of anilines is 1. The molecule has 43 heavy (non-hydrogen) atoms. The first-order valence-electron chi connectivity index (χ1n) is 14.1. The van der Waals surface area contributed by atoms with E-state index < -0.39 is 12.3 Å². The van der Waals surface area contributed by atoms with Crippen molar-refractivity contribution in [2.24, 2.45) is 0 Å². The second-order valence-electron chi connectivity index (χ2n) is 11.0. The van der Waals surface area contributed by atoms with Crippen LogP contribution >= 0.6 is 0 Å². The zero-order valence-corrected chi connectivity index (χ0v) is 23.2. The number of carboxylic acids is 1. The summed E-state index contributed by atoms with van der Waals surface area (Å²) < 4.78 is 60.8. The number of carboxylic acid groups (broad SMARTS) is 1.